The van der Waals surface area contributed by atoms with Gasteiger partial charge in [-0.3, -0.25) is 9.59 Å². The number of carbonyl (C=O) groups excluding carboxylic acids is 1. The zero-order valence-electron chi connectivity index (χ0n) is 19.2. The van der Waals surface area contributed by atoms with Crippen LogP contribution in [-0.2, 0) is 17.4 Å². The Balaban J connectivity index is 1.47. The van der Waals surface area contributed by atoms with Crippen molar-refractivity contribution in [2.24, 2.45) is 0 Å². The molecule has 0 aliphatic carbocycles. The van der Waals surface area contributed by atoms with Gasteiger partial charge >= 0.3 is 12.1 Å². The zero-order valence-corrected chi connectivity index (χ0v) is 19.2. The molecule has 0 bridgehead atoms. The number of alkyl halides is 3. The molecule has 3 aromatic rings. The first-order valence-corrected chi connectivity index (χ1v) is 11.1. The van der Waals surface area contributed by atoms with Gasteiger partial charge in [-0.2, -0.15) is 13.2 Å². The number of aliphatic carboxylic acids is 1. The third-order valence-corrected chi connectivity index (χ3v) is 5.43. The number of benzene rings is 3. The van der Waals surface area contributed by atoms with Crippen molar-refractivity contribution in [3.8, 4) is 16.9 Å². The van der Waals surface area contributed by atoms with Gasteiger partial charge in [-0.1, -0.05) is 36.4 Å². The molecule has 1 amide bonds. The molecule has 0 radical (unpaired) electrons. The maximum Gasteiger partial charge on any atom is 0.416 e. The van der Waals surface area contributed by atoms with E-state index in [0.29, 0.717) is 17.9 Å². The summed E-state index contributed by atoms with van der Waals surface area (Å²) in [7, 11) is 0. The molecule has 0 aliphatic heterocycles. The maximum absolute atomic E-state index is 12.7. The lowest BCUT2D eigenvalue weighted by atomic mass is 10.0. The summed E-state index contributed by atoms with van der Waals surface area (Å²) in [6.07, 6.45) is -2.94. The molecule has 5 nitrogen and oxygen atoms in total. The molecule has 0 aromatic heterocycles. The minimum Gasteiger partial charge on any atom is -0.493 e. The van der Waals surface area contributed by atoms with E-state index >= 15 is 0 Å². The first kappa shape index (κ1) is 25.8. The van der Waals surface area contributed by atoms with Crippen molar-refractivity contribution in [3.05, 3.63) is 89.0 Å². The van der Waals surface area contributed by atoms with Gasteiger partial charge in [-0.05, 0) is 72.4 Å². The van der Waals surface area contributed by atoms with Crippen LogP contribution in [0.5, 0.6) is 5.75 Å². The Labute approximate surface area is 201 Å². The SMILES string of the molecule is Cc1cc(C(=O)NCCC(=O)O)ccc1OCCCc1ccc(-c2ccc(C(F)(F)F)cc2)cc1. The second kappa shape index (κ2) is 11.6. The van der Waals surface area contributed by atoms with Crippen molar-refractivity contribution in [1.82, 2.24) is 5.32 Å². The first-order chi connectivity index (χ1) is 16.6. The number of aryl methyl sites for hydroxylation is 2. The fraction of sp³-hybridized carbons (Fsp3) is 0.259. The summed E-state index contributed by atoms with van der Waals surface area (Å²) in [4.78, 5) is 22.6. The molecule has 0 saturated carbocycles. The predicted octanol–water partition coefficient (Wildman–Crippen LogP) is 5.90. The summed E-state index contributed by atoms with van der Waals surface area (Å²) < 4.78 is 44.0. The summed E-state index contributed by atoms with van der Waals surface area (Å²) >= 11 is 0. The van der Waals surface area contributed by atoms with Crippen LogP contribution >= 0.6 is 0 Å². The summed E-state index contributed by atoms with van der Waals surface area (Å²) in [6, 6.07) is 17.9. The van der Waals surface area contributed by atoms with Crippen molar-refractivity contribution in [2.45, 2.75) is 32.4 Å². The Bertz CT molecular complexity index is 1160. The smallest absolute Gasteiger partial charge is 0.416 e. The number of carbonyl (C=O) groups is 2. The molecule has 184 valence electrons. The van der Waals surface area contributed by atoms with E-state index in [9.17, 15) is 22.8 Å². The molecule has 0 fully saturated rings. The maximum atomic E-state index is 12.7. The van der Waals surface area contributed by atoms with Crippen LogP contribution in [0.1, 0.15) is 39.9 Å². The second-order valence-electron chi connectivity index (χ2n) is 8.10. The summed E-state index contributed by atoms with van der Waals surface area (Å²) in [6.45, 7) is 2.38. The van der Waals surface area contributed by atoms with E-state index in [1.54, 1.807) is 18.2 Å². The highest BCUT2D eigenvalue weighted by molar-refractivity contribution is 5.94. The van der Waals surface area contributed by atoms with E-state index in [1.165, 1.54) is 12.1 Å². The van der Waals surface area contributed by atoms with Crippen molar-refractivity contribution in [1.29, 1.82) is 0 Å². The number of halogens is 3. The summed E-state index contributed by atoms with van der Waals surface area (Å²) in [5.74, 6) is -0.634. The lowest BCUT2D eigenvalue weighted by molar-refractivity contribution is -0.138. The molecule has 3 rings (SSSR count). The lowest BCUT2D eigenvalue weighted by Crippen LogP contribution is -2.26. The van der Waals surface area contributed by atoms with Crippen LogP contribution in [0, 0.1) is 6.92 Å². The van der Waals surface area contributed by atoms with E-state index < -0.39 is 17.7 Å². The third-order valence-electron chi connectivity index (χ3n) is 5.43. The van der Waals surface area contributed by atoms with E-state index in [1.807, 2.05) is 31.2 Å². The fourth-order valence-corrected chi connectivity index (χ4v) is 3.51. The molecule has 3 aromatic carbocycles. The van der Waals surface area contributed by atoms with E-state index in [0.717, 1.165) is 47.2 Å². The summed E-state index contributed by atoms with van der Waals surface area (Å²) in [5, 5.41) is 11.2. The van der Waals surface area contributed by atoms with Gasteiger partial charge in [0.2, 0.25) is 0 Å². The number of amides is 1. The Morgan fingerprint density at radius 2 is 1.57 bits per heavy atom. The van der Waals surface area contributed by atoms with Crippen molar-refractivity contribution in [2.75, 3.05) is 13.2 Å². The van der Waals surface area contributed by atoms with Gasteiger partial charge in [0.1, 0.15) is 5.75 Å². The quantitative estimate of drug-likeness (QED) is 0.351. The van der Waals surface area contributed by atoms with Crippen LogP contribution in [0.4, 0.5) is 13.2 Å². The molecular formula is C27H26F3NO4. The van der Waals surface area contributed by atoms with Gasteiger partial charge in [-0.15, -0.1) is 0 Å². The number of rotatable bonds is 10. The number of ether oxygens (including phenoxy) is 1. The molecule has 0 aliphatic rings. The minimum atomic E-state index is -4.34. The van der Waals surface area contributed by atoms with Crippen LogP contribution in [0.2, 0.25) is 0 Å². The highest BCUT2D eigenvalue weighted by Gasteiger charge is 2.29. The number of nitrogens with one attached hydrogen (secondary N) is 1. The first-order valence-electron chi connectivity index (χ1n) is 11.1. The molecule has 0 unspecified atom stereocenters. The van der Waals surface area contributed by atoms with Crippen LogP contribution < -0.4 is 10.1 Å². The minimum absolute atomic E-state index is 0.0663. The molecule has 35 heavy (non-hydrogen) atoms. The van der Waals surface area contributed by atoms with Crippen LogP contribution in [0.15, 0.2) is 66.7 Å². The largest absolute Gasteiger partial charge is 0.493 e. The van der Waals surface area contributed by atoms with Gasteiger partial charge in [-0.25, -0.2) is 0 Å². The van der Waals surface area contributed by atoms with Gasteiger partial charge in [0, 0.05) is 12.1 Å². The van der Waals surface area contributed by atoms with Crippen molar-refractivity contribution in [3.63, 3.8) is 0 Å². The molecule has 0 heterocycles. The Hall–Kier alpha value is -3.81. The highest BCUT2D eigenvalue weighted by Crippen LogP contribution is 2.31. The Morgan fingerprint density at radius 1 is 0.943 bits per heavy atom. The normalized spacial score (nSPS) is 11.2. The Morgan fingerprint density at radius 3 is 2.14 bits per heavy atom. The molecule has 0 atom stereocenters. The van der Waals surface area contributed by atoms with E-state index in [-0.39, 0.29) is 18.9 Å². The predicted molar refractivity (Wildman–Crippen MR) is 126 cm³/mol. The monoisotopic (exact) mass is 485 g/mol. The molecule has 2 N–H and O–H groups in total. The number of hydrogen-bond donors (Lipinski definition) is 2. The highest BCUT2D eigenvalue weighted by atomic mass is 19.4. The van der Waals surface area contributed by atoms with Gasteiger partial charge in [0.25, 0.3) is 5.91 Å². The van der Waals surface area contributed by atoms with Crippen LogP contribution in [0.25, 0.3) is 11.1 Å². The van der Waals surface area contributed by atoms with Gasteiger partial charge in [0.15, 0.2) is 0 Å². The third kappa shape index (κ3) is 7.60. The molecule has 0 saturated heterocycles. The number of carboxylic acids is 1. The van der Waals surface area contributed by atoms with E-state index in [4.69, 9.17) is 9.84 Å². The Kier molecular flexibility index (Phi) is 8.52. The van der Waals surface area contributed by atoms with Gasteiger partial charge < -0.3 is 15.2 Å². The number of hydrogen-bond acceptors (Lipinski definition) is 3. The van der Waals surface area contributed by atoms with Crippen molar-refractivity contribution < 1.29 is 32.6 Å². The van der Waals surface area contributed by atoms with Crippen LogP contribution in [-0.4, -0.2) is 30.1 Å². The van der Waals surface area contributed by atoms with Gasteiger partial charge in [0.05, 0.1) is 18.6 Å². The topological polar surface area (TPSA) is 75.6 Å². The van der Waals surface area contributed by atoms with E-state index in [2.05, 4.69) is 5.32 Å². The summed E-state index contributed by atoms with van der Waals surface area (Å²) in [5.41, 5.74) is 3.24. The zero-order chi connectivity index (χ0) is 25.4. The average Bonchev–Trinajstić information content (AvgIpc) is 2.82. The molecule has 8 heteroatoms. The van der Waals surface area contributed by atoms with Crippen molar-refractivity contribution >= 4 is 11.9 Å². The van der Waals surface area contributed by atoms with Crippen LogP contribution in [0.3, 0.4) is 0 Å². The number of carboxylic acid groups (broad SMARTS) is 1. The molecular weight excluding hydrogens is 459 g/mol. The second-order valence-corrected chi connectivity index (χ2v) is 8.10. The average molecular weight is 486 g/mol. The lowest BCUT2D eigenvalue weighted by Gasteiger charge is -2.11. The molecule has 0 spiro atoms. The fourth-order valence-electron chi connectivity index (χ4n) is 3.51. The standard InChI is InChI=1S/C27H26F3NO4/c1-18-17-22(26(34)31-15-14-25(32)33)10-13-24(18)35-16-2-3-19-4-6-20(7-5-19)21-8-11-23(12-9-21)27(28,29)30/h4-13,17H,2-3,14-16H2,1H3,(H,31,34)(H,32,33).